The van der Waals surface area contributed by atoms with E-state index in [9.17, 15) is 18.0 Å². The highest BCUT2D eigenvalue weighted by molar-refractivity contribution is 6.05. The van der Waals surface area contributed by atoms with Crippen LogP contribution in [-0.2, 0) is 13.2 Å². The van der Waals surface area contributed by atoms with Gasteiger partial charge in [0.25, 0.3) is 5.91 Å². The normalized spacial score (nSPS) is 11.2. The summed E-state index contributed by atoms with van der Waals surface area (Å²) in [7, 11) is 1.32. The van der Waals surface area contributed by atoms with Gasteiger partial charge in [0.05, 0.1) is 5.56 Å². The summed E-state index contributed by atoms with van der Waals surface area (Å²) in [6, 6.07) is 15.4. The number of nitrogens with one attached hydrogen (secondary N) is 1. The minimum Gasteiger partial charge on any atom is -0.457 e. The van der Waals surface area contributed by atoms with Crippen LogP contribution >= 0.6 is 0 Å². The largest absolute Gasteiger partial charge is 0.457 e. The molecule has 134 valence electrons. The predicted molar refractivity (Wildman–Crippen MR) is 89.1 cm³/mol. The second kappa shape index (κ2) is 6.91. The molecule has 3 aromatic rings. The summed E-state index contributed by atoms with van der Waals surface area (Å²) in [4.78, 5) is 12.2. The number of halogens is 3. The topological polar surface area (TPSA) is 56.2 Å². The first-order chi connectivity index (χ1) is 12.3. The number of ether oxygens (including phenoxy) is 1. The zero-order chi connectivity index (χ0) is 18.7. The Balaban J connectivity index is 1.73. The Kier molecular flexibility index (Phi) is 4.66. The van der Waals surface area contributed by atoms with Crippen molar-refractivity contribution < 1.29 is 22.7 Å². The molecule has 3 rings (SSSR count). The molecule has 5 nitrogen and oxygen atoms in total. The van der Waals surface area contributed by atoms with Crippen molar-refractivity contribution in [2.75, 3.05) is 5.32 Å². The SMILES string of the molecule is Cn1cc(C(=O)Nc2ccc(Oc3ccccc3)cc2)c(C(F)(F)F)n1. The van der Waals surface area contributed by atoms with Crippen molar-refractivity contribution in [1.29, 1.82) is 0 Å². The maximum absolute atomic E-state index is 12.9. The lowest BCUT2D eigenvalue weighted by Crippen LogP contribution is -2.17. The van der Waals surface area contributed by atoms with Crippen LogP contribution in [0, 0.1) is 0 Å². The fraction of sp³-hybridized carbons (Fsp3) is 0.111. The second-order valence-corrected chi connectivity index (χ2v) is 5.46. The van der Waals surface area contributed by atoms with Crippen molar-refractivity contribution in [3.63, 3.8) is 0 Å². The molecule has 1 amide bonds. The van der Waals surface area contributed by atoms with E-state index in [1.807, 2.05) is 18.2 Å². The summed E-state index contributed by atoms with van der Waals surface area (Å²) in [6.07, 6.45) is -3.67. The fourth-order valence-corrected chi connectivity index (χ4v) is 2.29. The maximum atomic E-state index is 12.9. The number of carbonyl (C=O) groups excluding carboxylic acids is 1. The molecule has 0 bridgehead atoms. The molecule has 1 heterocycles. The molecule has 0 spiro atoms. The van der Waals surface area contributed by atoms with Gasteiger partial charge in [-0.15, -0.1) is 0 Å². The van der Waals surface area contributed by atoms with E-state index in [0.29, 0.717) is 17.2 Å². The number of aromatic nitrogens is 2. The van der Waals surface area contributed by atoms with Crippen LogP contribution in [0.4, 0.5) is 18.9 Å². The second-order valence-electron chi connectivity index (χ2n) is 5.46. The molecule has 0 fully saturated rings. The van der Waals surface area contributed by atoms with Crippen molar-refractivity contribution in [1.82, 2.24) is 9.78 Å². The first-order valence-electron chi connectivity index (χ1n) is 7.58. The molecule has 1 N–H and O–H groups in total. The Morgan fingerprint density at radius 2 is 1.65 bits per heavy atom. The Hall–Kier alpha value is -3.29. The van der Waals surface area contributed by atoms with Crippen molar-refractivity contribution >= 4 is 11.6 Å². The van der Waals surface area contributed by atoms with Crippen LogP contribution in [-0.4, -0.2) is 15.7 Å². The molecule has 8 heteroatoms. The first-order valence-corrected chi connectivity index (χ1v) is 7.58. The molecule has 26 heavy (non-hydrogen) atoms. The third kappa shape index (κ3) is 4.02. The van der Waals surface area contributed by atoms with Gasteiger partial charge in [0.2, 0.25) is 0 Å². The number of nitrogens with zero attached hydrogens (tertiary/aromatic N) is 2. The van der Waals surface area contributed by atoms with Gasteiger partial charge in [-0.25, -0.2) is 0 Å². The van der Waals surface area contributed by atoms with Gasteiger partial charge < -0.3 is 10.1 Å². The van der Waals surface area contributed by atoms with Gasteiger partial charge in [0, 0.05) is 18.9 Å². The molecule has 0 saturated heterocycles. The average molecular weight is 361 g/mol. The van der Waals surface area contributed by atoms with Gasteiger partial charge in [-0.3, -0.25) is 9.48 Å². The molecule has 0 atom stereocenters. The van der Waals surface area contributed by atoms with Crippen LogP contribution in [0.2, 0.25) is 0 Å². The monoisotopic (exact) mass is 361 g/mol. The lowest BCUT2D eigenvalue weighted by atomic mass is 10.2. The number of hydrogen-bond donors (Lipinski definition) is 1. The van der Waals surface area contributed by atoms with Crippen molar-refractivity contribution in [3.8, 4) is 11.5 Å². The molecule has 0 radical (unpaired) electrons. The highest BCUT2D eigenvalue weighted by atomic mass is 19.4. The van der Waals surface area contributed by atoms with Crippen LogP contribution in [0.3, 0.4) is 0 Å². The van der Waals surface area contributed by atoms with Gasteiger partial charge >= 0.3 is 6.18 Å². The minimum absolute atomic E-state index is 0.340. The zero-order valence-corrected chi connectivity index (χ0v) is 13.6. The minimum atomic E-state index is -4.71. The zero-order valence-electron chi connectivity index (χ0n) is 13.6. The molecule has 0 aliphatic carbocycles. The van der Waals surface area contributed by atoms with E-state index in [-0.39, 0.29) is 0 Å². The van der Waals surface area contributed by atoms with Crippen molar-refractivity contribution in [2.24, 2.45) is 7.05 Å². The Morgan fingerprint density at radius 1 is 1.04 bits per heavy atom. The quantitative estimate of drug-likeness (QED) is 0.745. The standard InChI is InChI=1S/C18H14F3N3O2/c1-24-11-15(16(23-24)18(19,20)21)17(25)22-12-7-9-14(10-8-12)26-13-5-3-2-4-6-13/h2-11H,1H3,(H,22,25). The highest BCUT2D eigenvalue weighted by Gasteiger charge is 2.38. The number of aryl methyl sites for hydroxylation is 1. The summed E-state index contributed by atoms with van der Waals surface area (Å²) in [6.45, 7) is 0. The van der Waals surface area contributed by atoms with E-state index in [1.165, 1.54) is 7.05 Å². The van der Waals surface area contributed by atoms with Gasteiger partial charge in [-0.05, 0) is 36.4 Å². The van der Waals surface area contributed by atoms with Crippen molar-refractivity contribution in [3.05, 3.63) is 72.1 Å². The van der Waals surface area contributed by atoms with Gasteiger partial charge in [-0.2, -0.15) is 18.3 Å². The highest BCUT2D eigenvalue weighted by Crippen LogP contribution is 2.31. The number of benzene rings is 2. The molecule has 2 aromatic carbocycles. The Labute approximate surface area is 147 Å². The van der Waals surface area contributed by atoms with Gasteiger partial charge in [-0.1, -0.05) is 18.2 Å². The lowest BCUT2D eigenvalue weighted by Gasteiger charge is -2.09. The van der Waals surface area contributed by atoms with Crippen molar-refractivity contribution in [2.45, 2.75) is 6.18 Å². The number of hydrogen-bond acceptors (Lipinski definition) is 3. The fourth-order valence-electron chi connectivity index (χ4n) is 2.29. The third-order valence-electron chi connectivity index (χ3n) is 3.43. The van der Waals surface area contributed by atoms with Crippen LogP contribution in [0.15, 0.2) is 60.8 Å². The Bertz CT molecular complexity index is 904. The van der Waals surface area contributed by atoms with E-state index in [0.717, 1.165) is 10.9 Å². The van der Waals surface area contributed by atoms with Crippen LogP contribution in [0.1, 0.15) is 16.1 Å². The maximum Gasteiger partial charge on any atom is 0.435 e. The molecule has 0 aliphatic heterocycles. The average Bonchev–Trinajstić information content (AvgIpc) is 3.00. The third-order valence-corrected chi connectivity index (χ3v) is 3.43. The smallest absolute Gasteiger partial charge is 0.435 e. The van der Waals surface area contributed by atoms with Gasteiger partial charge in [0.1, 0.15) is 11.5 Å². The molecule has 0 aliphatic rings. The lowest BCUT2D eigenvalue weighted by molar-refractivity contribution is -0.141. The number of amides is 1. The predicted octanol–water partition coefficient (Wildman–Crippen LogP) is 4.48. The summed E-state index contributed by atoms with van der Waals surface area (Å²) < 4.78 is 45.4. The number of alkyl halides is 3. The number of rotatable bonds is 4. The summed E-state index contributed by atoms with van der Waals surface area (Å²) in [5.41, 5.74) is -1.42. The molecule has 1 aromatic heterocycles. The van der Waals surface area contributed by atoms with E-state index >= 15 is 0 Å². The summed E-state index contributed by atoms with van der Waals surface area (Å²) >= 11 is 0. The Morgan fingerprint density at radius 3 is 2.27 bits per heavy atom. The number of carbonyl (C=O) groups is 1. The number of anilines is 1. The number of para-hydroxylation sites is 1. The van der Waals surface area contributed by atoms with E-state index in [1.54, 1.807) is 36.4 Å². The molecular formula is C18H14F3N3O2. The van der Waals surface area contributed by atoms with E-state index in [2.05, 4.69) is 10.4 Å². The van der Waals surface area contributed by atoms with Gasteiger partial charge in [0.15, 0.2) is 5.69 Å². The molecule has 0 unspecified atom stereocenters. The molecule has 0 saturated carbocycles. The summed E-state index contributed by atoms with van der Waals surface area (Å²) in [5, 5.41) is 5.74. The van der Waals surface area contributed by atoms with Crippen LogP contribution in [0.25, 0.3) is 0 Å². The molecular weight excluding hydrogens is 347 g/mol. The first kappa shape index (κ1) is 17.5. The van der Waals surface area contributed by atoms with Crippen LogP contribution < -0.4 is 10.1 Å². The van der Waals surface area contributed by atoms with E-state index < -0.39 is 23.3 Å². The summed E-state index contributed by atoms with van der Waals surface area (Å²) in [5.74, 6) is 0.295. The van der Waals surface area contributed by atoms with Crippen LogP contribution in [0.5, 0.6) is 11.5 Å². The van der Waals surface area contributed by atoms with E-state index in [4.69, 9.17) is 4.74 Å².